The number of hydrogen-bond donors (Lipinski definition) is 8. The van der Waals surface area contributed by atoms with E-state index in [0.29, 0.717) is 31.5 Å². The molecular formula is C22H39N7O6. The molecule has 13 nitrogen and oxygen atoms in total. The van der Waals surface area contributed by atoms with Crippen LogP contribution in [0.15, 0.2) is 12.5 Å². The van der Waals surface area contributed by atoms with Crippen LogP contribution in [0.3, 0.4) is 0 Å². The van der Waals surface area contributed by atoms with Gasteiger partial charge in [0.2, 0.25) is 17.7 Å². The highest BCUT2D eigenvalue weighted by Gasteiger charge is 2.34. The molecule has 0 aromatic carbocycles. The smallest absolute Gasteiger partial charge is 0.326 e. The number of carbonyl (C=O) groups is 4. The Morgan fingerprint density at radius 1 is 1.06 bits per heavy atom. The van der Waals surface area contributed by atoms with Crippen LogP contribution in [0.1, 0.15) is 52.1 Å². The van der Waals surface area contributed by atoms with E-state index in [1.54, 1.807) is 6.92 Å². The van der Waals surface area contributed by atoms with Crippen molar-refractivity contribution in [3.05, 3.63) is 18.2 Å². The van der Waals surface area contributed by atoms with E-state index in [2.05, 4.69) is 25.9 Å². The third-order valence-corrected chi connectivity index (χ3v) is 5.75. The molecule has 0 spiro atoms. The monoisotopic (exact) mass is 497 g/mol. The summed E-state index contributed by atoms with van der Waals surface area (Å²) in [4.78, 5) is 56.7. The van der Waals surface area contributed by atoms with Gasteiger partial charge in [-0.2, -0.15) is 0 Å². The Labute approximate surface area is 204 Å². The molecule has 13 heteroatoms. The van der Waals surface area contributed by atoms with Crippen LogP contribution in [0.25, 0.3) is 0 Å². The summed E-state index contributed by atoms with van der Waals surface area (Å²) in [5.41, 5.74) is 12.0. The molecule has 1 rings (SSSR count). The minimum Gasteiger partial charge on any atom is -0.480 e. The SMILES string of the molecule is CCC(C)C(NC(=O)C(NC(=O)C(N)Cc1cnc[nH]1)C(C)O)C(=O)NC(CCCCN)C(=O)O. The normalized spacial score (nSPS) is 16.3. The van der Waals surface area contributed by atoms with Crippen LogP contribution in [0, 0.1) is 5.92 Å². The molecule has 6 atom stereocenters. The summed E-state index contributed by atoms with van der Waals surface area (Å²) in [7, 11) is 0. The van der Waals surface area contributed by atoms with Gasteiger partial charge in [0.05, 0.1) is 18.5 Å². The summed E-state index contributed by atoms with van der Waals surface area (Å²) < 4.78 is 0. The molecule has 0 aliphatic carbocycles. The highest BCUT2D eigenvalue weighted by atomic mass is 16.4. The molecule has 0 bridgehead atoms. The van der Waals surface area contributed by atoms with E-state index in [-0.39, 0.29) is 18.8 Å². The Morgan fingerprint density at radius 3 is 2.20 bits per heavy atom. The highest BCUT2D eigenvalue weighted by molar-refractivity contribution is 5.94. The summed E-state index contributed by atoms with van der Waals surface area (Å²) in [5.74, 6) is -3.68. The molecular weight excluding hydrogens is 458 g/mol. The predicted octanol–water partition coefficient (Wildman–Crippen LogP) is -1.63. The molecule has 6 unspecified atom stereocenters. The fourth-order valence-electron chi connectivity index (χ4n) is 3.35. The van der Waals surface area contributed by atoms with Crippen molar-refractivity contribution in [2.75, 3.05) is 6.54 Å². The standard InChI is InChI=1S/C22H39N7O6/c1-4-12(2)17(20(32)27-16(22(34)35)7-5-6-8-23)28-21(33)18(13(3)30)29-19(31)15(24)9-14-10-25-11-26-14/h10-13,15-18,30H,4-9,23-24H2,1-3H3,(H,25,26)(H,27,32)(H,28,33)(H,29,31)(H,34,35). The number of nitrogens with zero attached hydrogens (tertiary/aromatic N) is 1. The molecule has 35 heavy (non-hydrogen) atoms. The zero-order valence-corrected chi connectivity index (χ0v) is 20.5. The zero-order chi connectivity index (χ0) is 26.5. The Bertz CT molecular complexity index is 817. The molecule has 1 heterocycles. The van der Waals surface area contributed by atoms with Gasteiger partial charge in [-0.1, -0.05) is 20.3 Å². The highest BCUT2D eigenvalue weighted by Crippen LogP contribution is 2.11. The van der Waals surface area contributed by atoms with Gasteiger partial charge in [-0.05, 0) is 38.6 Å². The van der Waals surface area contributed by atoms with Gasteiger partial charge in [0, 0.05) is 18.3 Å². The maximum absolute atomic E-state index is 13.0. The maximum atomic E-state index is 13.0. The molecule has 198 valence electrons. The maximum Gasteiger partial charge on any atom is 0.326 e. The fraction of sp³-hybridized carbons (Fsp3) is 0.682. The zero-order valence-electron chi connectivity index (χ0n) is 20.5. The molecule has 3 amide bonds. The average molecular weight is 498 g/mol. The van der Waals surface area contributed by atoms with Gasteiger partial charge < -0.3 is 42.6 Å². The first-order valence-electron chi connectivity index (χ1n) is 11.8. The number of hydrogen-bond acceptors (Lipinski definition) is 8. The topological polar surface area (TPSA) is 226 Å². The minimum atomic E-state index is -1.38. The molecule has 0 radical (unpaired) electrons. The van der Waals surface area contributed by atoms with Crippen molar-refractivity contribution in [1.82, 2.24) is 25.9 Å². The number of amides is 3. The molecule has 1 aromatic rings. The molecule has 1 aromatic heterocycles. The summed E-state index contributed by atoms with van der Waals surface area (Å²) in [6, 6.07) is -4.61. The number of aliphatic carboxylic acids is 1. The number of carboxylic acid groups (broad SMARTS) is 1. The van der Waals surface area contributed by atoms with Gasteiger partial charge in [-0.15, -0.1) is 0 Å². The Hall–Kier alpha value is -3.03. The first-order valence-corrected chi connectivity index (χ1v) is 11.8. The summed E-state index contributed by atoms with van der Waals surface area (Å²) in [6.45, 7) is 5.27. The fourth-order valence-corrected chi connectivity index (χ4v) is 3.35. The first kappa shape index (κ1) is 30.0. The van der Waals surface area contributed by atoms with Crippen molar-refractivity contribution in [3.63, 3.8) is 0 Å². The molecule has 0 saturated carbocycles. The number of aromatic amines is 1. The van der Waals surface area contributed by atoms with Crippen molar-refractivity contribution < 1.29 is 29.4 Å². The largest absolute Gasteiger partial charge is 0.480 e. The van der Waals surface area contributed by atoms with Crippen molar-refractivity contribution in [2.45, 2.75) is 83.1 Å². The second-order valence-corrected chi connectivity index (χ2v) is 8.67. The van der Waals surface area contributed by atoms with Crippen LogP contribution in [-0.2, 0) is 25.6 Å². The average Bonchev–Trinajstić information content (AvgIpc) is 3.32. The minimum absolute atomic E-state index is 0.138. The number of carboxylic acids is 1. The number of aromatic nitrogens is 2. The van der Waals surface area contributed by atoms with Gasteiger partial charge in [-0.25, -0.2) is 9.78 Å². The molecule has 0 aliphatic rings. The number of imidazole rings is 1. The van der Waals surface area contributed by atoms with Gasteiger partial charge in [0.1, 0.15) is 18.1 Å². The van der Waals surface area contributed by atoms with E-state index in [1.807, 2.05) is 6.92 Å². The molecule has 10 N–H and O–H groups in total. The van der Waals surface area contributed by atoms with Crippen LogP contribution in [0.5, 0.6) is 0 Å². The van der Waals surface area contributed by atoms with E-state index in [0.717, 1.165) is 0 Å². The van der Waals surface area contributed by atoms with Gasteiger partial charge in [0.15, 0.2) is 0 Å². The summed E-state index contributed by atoms with van der Waals surface area (Å²) >= 11 is 0. The first-order chi connectivity index (χ1) is 16.5. The number of nitrogens with one attached hydrogen (secondary N) is 4. The van der Waals surface area contributed by atoms with E-state index in [4.69, 9.17) is 11.5 Å². The van der Waals surface area contributed by atoms with Crippen LogP contribution in [-0.4, -0.2) is 80.7 Å². The van der Waals surface area contributed by atoms with Crippen LogP contribution in [0.2, 0.25) is 0 Å². The number of carbonyl (C=O) groups excluding carboxylic acids is 3. The lowest BCUT2D eigenvalue weighted by atomic mass is 9.96. The Balaban J connectivity index is 2.90. The van der Waals surface area contributed by atoms with Crippen LogP contribution >= 0.6 is 0 Å². The van der Waals surface area contributed by atoms with E-state index >= 15 is 0 Å². The Kier molecular flexibility index (Phi) is 12.9. The van der Waals surface area contributed by atoms with E-state index < -0.39 is 54.0 Å². The summed E-state index contributed by atoms with van der Waals surface area (Å²) in [5, 5.41) is 27.0. The number of unbranched alkanes of at least 4 members (excludes halogenated alkanes) is 1. The van der Waals surface area contributed by atoms with E-state index in [9.17, 15) is 29.4 Å². The lowest BCUT2D eigenvalue weighted by molar-refractivity contribution is -0.143. The van der Waals surface area contributed by atoms with Crippen LogP contribution in [0.4, 0.5) is 0 Å². The second-order valence-electron chi connectivity index (χ2n) is 8.67. The van der Waals surface area contributed by atoms with Gasteiger partial charge in [-0.3, -0.25) is 14.4 Å². The third kappa shape index (κ3) is 10.0. The number of nitrogens with two attached hydrogens (primary N) is 2. The van der Waals surface area contributed by atoms with Gasteiger partial charge in [0.25, 0.3) is 0 Å². The third-order valence-electron chi connectivity index (χ3n) is 5.75. The number of rotatable bonds is 16. The predicted molar refractivity (Wildman–Crippen MR) is 128 cm³/mol. The molecule has 0 fully saturated rings. The molecule has 0 saturated heterocycles. The lowest BCUT2D eigenvalue weighted by Gasteiger charge is -2.29. The summed E-state index contributed by atoms with van der Waals surface area (Å²) in [6.07, 6.45) is 3.64. The quantitative estimate of drug-likeness (QED) is 0.123. The molecule has 0 aliphatic heterocycles. The van der Waals surface area contributed by atoms with Crippen LogP contribution < -0.4 is 27.4 Å². The van der Waals surface area contributed by atoms with Crippen molar-refractivity contribution in [3.8, 4) is 0 Å². The second kappa shape index (κ2) is 15.1. The number of aliphatic hydroxyl groups is 1. The van der Waals surface area contributed by atoms with Crippen molar-refractivity contribution >= 4 is 23.7 Å². The van der Waals surface area contributed by atoms with E-state index in [1.165, 1.54) is 19.4 Å². The number of aliphatic hydroxyl groups excluding tert-OH is 1. The lowest BCUT2D eigenvalue weighted by Crippen LogP contribution is -2.61. The van der Waals surface area contributed by atoms with Crippen molar-refractivity contribution in [1.29, 1.82) is 0 Å². The number of H-pyrrole nitrogens is 1. The van der Waals surface area contributed by atoms with Crippen molar-refractivity contribution in [2.24, 2.45) is 17.4 Å². The Morgan fingerprint density at radius 2 is 1.69 bits per heavy atom. The van der Waals surface area contributed by atoms with Gasteiger partial charge >= 0.3 is 5.97 Å².